The first-order chi connectivity index (χ1) is 11.2. The van der Waals surface area contributed by atoms with Crippen molar-refractivity contribution < 1.29 is 9.59 Å². The van der Waals surface area contributed by atoms with Gasteiger partial charge in [-0.25, -0.2) is 9.88 Å². The molecule has 4 rings (SSSR count). The highest BCUT2D eigenvalue weighted by Gasteiger charge is 2.36. The molecule has 2 aromatic carbocycles. The number of rotatable bonds is 2. The summed E-state index contributed by atoms with van der Waals surface area (Å²) in [5.74, 6) is 0.264. The van der Waals surface area contributed by atoms with Crippen molar-refractivity contribution in [1.29, 1.82) is 0 Å². The quantitative estimate of drug-likeness (QED) is 0.684. The van der Waals surface area contributed by atoms with Gasteiger partial charge in [0.1, 0.15) is 5.82 Å². The van der Waals surface area contributed by atoms with Crippen LogP contribution in [0.25, 0.3) is 5.69 Å². The topological polar surface area (TPSA) is 55.2 Å². The van der Waals surface area contributed by atoms with Crippen LogP contribution in [0.5, 0.6) is 0 Å². The second-order valence-corrected chi connectivity index (χ2v) is 5.36. The molecule has 0 aliphatic carbocycles. The van der Waals surface area contributed by atoms with Crippen molar-refractivity contribution in [1.82, 2.24) is 9.55 Å². The fourth-order valence-corrected chi connectivity index (χ4v) is 2.86. The Morgan fingerprint density at radius 1 is 0.870 bits per heavy atom. The van der Waals surface area contributed by atoms with Crippen LogP contribution in [0.1, 0.15) is 26.5 Å². The van der Waals surface area contributed by atoms with Crippen molar-refractivity contribution >= 4 is 17.5 Å². The van der Waals surface area contributed by atoms with E-state index in [1.54, 1.807) is 36.5 Å². The Kier molecular flexibility index (Phi) is 2.87. The van der Waals surface area contributed by atoms with E-state index in [2.05, 4.69) is 4.98 Å². The number of nitrogens with zero attached hydrogens (tertiary/aromatic N) is 3. The Hall–Kier alpha value is -3.21. The van der Waals surface area contributed by atoms with Crippen LogP contribution in [0.15, 0.2) is 60.9 Å². The lowest BCUT2D eigenvalue weighted by Gasteiger charge is -2.15. The fraction of sp³-hybridized carbons (Fsp3) is 0.0556. The van der Waals surface area contributed by atoms with Gasteiger partial charge in [0.05, 0.1) is 16.8 Å². The van der Waals surface area contributed by atoms with E-state index in [0.717, 1.165) is 11.5 Å². The van der Waals surface area contributed by atoms with Crippen LogP contribution in [0.4, 0.5) is 5.69 Å². The van der Waals surface area contributed by atoms with Crippen LogP contribution in [0.2, 0.25) is 0 Å². The predicted octanol–water partition coefficient (Wildman–Crippen LogP) is 2.98. The number of carbonyl (C=O) groups is 2. The highest BCUT2D eigenvalue weighted by atomic mass is 16.2. The maximum absolute atomic E-state index is 12.6. The van der Waals surface area contributed by atoms with E-state index in [9.17, 15) is 9.59 Å². The number of fused-ring (bicyclic) bond motifs is 1. The first kappa shape index (κ1) is 13.5. The van der Waals surface area contributed by atoms with E-state index in [1.807, 2.05) is 35.9 Å². The van der Waals surface area contributed by atoms with Crippen LogP contribution in [0, 0.1) is 6.92 Å². The standard InChI is InChI=1S/C18H13N3O2/c1-12-19-9-10-20(12)13-5-4-6-14(11-13)21-17(22)15-7-2-3-8-16(15)18(21)23/h2-11H,1H3. The zero-order chi connectivity index (χ0) is 16.0. The molecule has 2 amide bonds. The van der Waals surface area contributed by atoms with Crippen LogP contribution in [-0.4, -0.2) is 21.4 Å². The summed E-state index contributed by atoms with van der Waals surface area (Å²) in [7, 11) is 0. The van der Waals surface area contributed by atoms with E-state index in [1.165, 1.54) is 4.90 Å². The van der Waals surface area contributed by atoms with Gasteiger partial charge in [0, 0.05) is 18.1 Å². The minimum absolute atomic E-state index is 0.287. The number of aryl methyl sites for hydroxylation is 1. The summed E-state index contributed by atoms with van der Waals surface area (Å²) >= 11 is 0. The van der Waals surface area contributed by atoms with Crippen molar-refractivity contribution in [2.45, 2.75) is 6.92 Å². The molecule has 0 atom stereocenters. The number of aromatic nitrogens is 2. The molecule has 0 spiro atoms. The summed E-state index contributed by atoms with van der Waals surface area (Å²) in [5, 5.41) is 0. The molecular formula is C18H13N3O2. The number of imidazole rings is 1. The van der Waals surface area contributed by atoms with Gasteiger partial charge in [-0.1, -0.05) is 18.2 Å². The number of hydrogen-bond acceptors (Lipinski definition) is 3. The van der Waals surface area contributed by atoms with Crippen LogP contribution in [0.3, 0.4) is 0 Å². The first-order valence-electron chi connectivity index (χ1n) is 7.25. The maximum Gasteiger partial charge on any atom is 0.266 e. The molecule has 0 fully saturated rings. The number of amides is 2. The van der Waals surface area contributed by atoms with E-state index in [4.69, 9.17) is 0 Å². The summed E-state index contributed by atoms with van der Waals surface area (Å²) in [6.45, 7) is 1.90. The minimum Gasteiger partial charge on any atom is -0.304 e. The fourth-order valence-electron chi connectivity index (χ4n) is 2.86. The summed E-state index contributed by atoms with van der Waals surface area (Å²) < 4.78 is 1.90. The largest absolute Gasteiger partial charge is 0.304 e. The highest BCUT2D eigenvalue weighted by Crippen LogP contribution is 2.29. The molecule has 0 saturated heterocycles. The van der Waals surface area contributed by atoms with E-state index in [0.29, 0.717) is 16.8 Å². The number of hydrogen-bond donors (Lipinski definition) is 0. The molecule has 0 bridgehead atoms. The SMILES string of the molecule is Cc1nccn1-c1cccc(N2C(=O)c3ccccc3C2=O)c1. The van der Waals surface area contributed by atoms with Crippen LogP contribution < -0.4 is 4.90 Å². The van der Waals surface area contributed by atoms with Crippen molar-refractivity contribution in [2.24, 2.45) is 0 Å². The average molecular weight is 303 g/mol. The third-order valence-electron chi connectivity index (χ3n) is 3.99. The van der Waals surface area contributed by atoms with E-state index < -0.39 is 0 Å². The molecule has 0 saturated carbocycles. The van der Waals surface area contributed by atoms with Gasteiger partial charge in [-0.2, -0.15) is 0 Å². The van der Waals surface area contributed by atoms with Gasteiger partial charge < -0.3 is 4.57 Å². The third-order valence-corrected chi connectivity index (χ3v) is 3.99. The smallest absolute Gasteiger partial charge is 0.266 e. The molecule has 0 unspecified atom stereocenters. The Morgan fingerprint density at radius 2 is 1.52 bits per heavy atom. The Bertz CT molecular complexity index is 908. The molecule has 5 heteroatoms. The molecule has 3 aromatic rings. The summed E-state index contributed by atoms with van der Waals surface area (Å²) in [6, 6.07) is 14.2. The maximum atomic E-state index is 12.6. The van der Waals surface area contributed by atoms with Gasteiger partial charge in [-0.15, -0.1) is 0 Å². The normalized spacial score (nSPS) is 13.5. The molecule has 1 aromatic heterocycles. The lowest BCUT2D eigenvalue weighted by Crippen LogP contribution is -2.29. The first-order valence-corrected chi connectivity index (χ1v) is 7.25. The molecule has 1 aliphatic heterocycles. The van der Waals surface area contributed by atoms with Gasteiger partial charge in [0.25, 0.3) is 11.8 Å². The molecular weight excluding hydrogens is 290 g/mol. The summed E-state index contributed by atoms with van der Waals surface area (Å²) in [4.78, 5) is 30.5. The zero-order valence-electron chi connectivity index (χ0n) is 12.4. The predicted molar refractivity (Wildman–Crippen MR) is 85.9 cm³/mol. The highest BCUT2D eigenvalue weighted by molar-refractivity contribution is 6.34. The Morgan fingerprint density at radius 3 is 2.13 bits per heavy atom. The van der Waals surface area contributed by atoms with Crippen molar-refractivity contribution in [3.8, 4) is 5.69 Å². The molecule has 0 radical (unpaired) electrons. The van der Waals surface area contributed by atoms with Crippen molar-refractivity contribution in [3.05, 3.63) is 77.9 Å². The van der Waals surface area contributed by atoms with Gasteiger partial charge in [-0.05, 0) is 37.3 Å². The van der Waals surface area contributed by atoms with Crippen molar-refractivity contribution in [3.63, 3.8) is 0 Å². The minimum atomic E-state index is -0.287. The van der Waals surface area contributed by atoms with Gasteiger partial charge in [0.2, 0.25) is 0 Å². The molecule has 112 valence electrons. The molecule has 0 N–H and O–H groups in total. The number of imide groups is 1. The van der Waals surface area contributed by atoms with Crippen LogP contribution >= 0.6 is 0 Å². The summed E-state index contributed by atoms with van der Waals surface area (Å²) in [6.07, 6.45) is 3.56. The molecule has 2 heterocycles. The second-order valence-electron chi connectivity index (χ2n) is 5.36. The van der Waals surface area contributed by atoms with Crippen LogP contribution in [-0.2, 0) is 0 Å². The van der Waals surface area contributed by atoms with Gasteiger partial charge in [-0.3, -0.25) is 9.59 Å². The van der Waals surface area contributed by atoms with E-state index >= 15 is 0 Å². The van der Waals surface area contributed by atoms with Gasteiger partial charge >= 0.3 is 0 Å². The molecule has 23 heavy (non-hydrogen) atoms. The number of carbonyl (C=O) groups excluding carboxylic acids is 2. The third kappa shape index (κ3) is 1.97. The Balaban J connectivity index is 1.80. The summed E-state index contributed by atoms with van der Waals surface area (Å²) in [5.41, 5.74) is 2.30. The Labute approximate surface area is 132 Å². The van der Waals surface area contributed by atoms with Crippen molar-refractivity contribution in [2.75, 3.05) is 4.90 Å². The lowest BCUT2D eigenvalue weighted by molar-refractivity contribution is 0.0926. The number of benzene rings is 2. The zero-order valence-corrected chi connectivity index (χ0v) is 12.4. The monoisotopic (exact) mass is 303 g/mol. The lowest BCUT2D eigenvalue weighted by atomic mass is 10.1. The number of anilines is 1. The average Bonchev–Trinajstić information content (AvgIpc) is 3.11. The van der Waals surface area contributed by atoms with E-state index in [-0.39, 0.29) is 11.8 Å². The molecule has 1 aliphatic rings. The second kappa shape index (κ2) is 4.91. The molecule has 5 nitrogen and oxygen atoms in total. The van der Waals surface area contributed by atoms with Gasteiger partial charge in [0.15, 0.2) is 0 Å².